The van der Waals surface area contributed by atoms with E-state index in [1.165, 1.54) is 38.5 Å². The minimum absolute atomic E-state index is 0.280. The first kappa shape index (κ1) is 16.3. The average molecular weight is 349 g/mol. The van der Waals surface area contributed by atoms with Crippen molar-refractivity contribution in [2.75, 3.05) is 25.6 Å². The highest BCUT2D eigenvalue weighted by Gasteiger charge is 2.52. The van der Waals surface area contributed by atoms with E-state index in [9.17, 15) is 0 Å². The maximum atomic E-state index is 5.35. The van der Waals surface area contributed by atoms with E-state index in [1.54, 1.807) is 7.11 Å². The van der Waals surface area contributed by atoms with Gasteiger partial charge in [-0.05, 0) is 74.9 Å². The summed E-state index contributed by atoms with van der Waals surface area (Å²) in [4.78, 5) is 0. The summed E-state index contributed by atoms with van der Waals surface area (Å²) in [7, 11) is 1.72. The maximum Gasteiger partial charge on any atom is 0.171 e. The van der Waals surface area contributed by atoms with Gasteiger partial charge in [-0.15, -0.1) is 0 Å². The van der Waals surface area contributed by atoms with Gasteiger partial charge in [-0.25, -0.2) is 0 Å². The van der Waals surface area contributed by atoms with Gasteiger partial charge in [-0.1, -0.05) is 0 Å². The van der Waals surface area contributed by atoms with Crippen LogP contribution >= 0.6 is 12.2 Å². The number of anilines is 1. The molecule has 4 aliphatic rings. The van der Waals surface area contributed by atoms with Crippen LogP contribution in [0.3, 0.4) is 0 Å². The quantitative estimate of drug-likeness (QED) is 0.611. The number of nitrogens with one attached hydrogen (secondary N) is 2. The second-order valence-electron chi connectivity index (χ2n) is 8.01. The topological polar surface area (TPSA) is 51.1 Å². The van der Waals surface area contributed by atoms with E-state index in [0.29, 0.717) is 5.11 Å². The van der Waals surface area contributed by atoms with Crippen molar-refractivity contribution in [2.45, 2.75) is 50.5 Å². The van der Waals surface area contributed by atoms with Gasteiger partial charge in [0.15, 0.2) is 10.9 Å². The van der Waals surface area contributed by atoms with Crippen LogP contribution in [0.25, 0.3) is 0 Å². The first-order valence-electron chi connectivity index (χ1n) is 9.27. The van der Waals surface area contributed by atoms with Crippen LogP contribution in [0.5, 0.6) is 0 Å². The molecule has 132 valence electrons. The molecule has 1 aromatic rings. The lowest BCUT2D eigenvalue weighted by Gasteiger charge is -2.56. The van der Waals surface area contributed by atoms with Crippen molar-refractivity contribution >= 4 is 23.1 Å². The molecule has 2 N–H and O–H groups in total. The molecule has 5 rings (SSSR count). The predicted molar refractivity (Wildman–Crippen MR) is 99.1 cm³/mol. The van der Waals surface area contributed by atoms with Crippen LogP contribution in [0.2, 0.25) is 0 Å². The zero-order valence-electron chi connectivity index (χ0n) is 14.5. The Morgan fingerprint density at radius 3 is 2.58 bits per heavy atom. The highest BCUT2D eigenvalue weighted by Crippen LogP contribution is 2.58. The maximum absolute atomic E-state index is 5.35. The summed E-state index contributed by atoms with van der Waals surface area (Å²) in [6.45, 7) is 1.56. The molecule has 1 aromatic heterocycles. The first-order valence-corrected chi connectivity index (χ1v) is 9.68. The monoisotopic (exact) mass is 348 g/mol. The van der Waals surface area contributed by atoms with Crippen LogP contribution in [-0.4, -0.2) is 35.2 Å². The molecule has 0 spiro atoms. The average Bonchev–Trinajstić information content (AvgIpc) is 2.99. The molecule has 24 heavy (non-hydrogen) atoms. The zero-order chi connectivity index (χ0) is 16.6. The Labute approximate surface area is 149 Å². The van der Waals surface area contributed by atoms with Gasteiger partial charge < -0.3 is 15.4 Å². The summed E-state index contributed by atoms with van der Waals surface area (Å²) < 4.78 is 7.30. The molecular weight excluding hydrogens is 320 g/mol. The third-order valence-electron chi connectivity index (χ3n) is 6.13. The summed E-state index contributed by atoms with van der Waals surface area (Å²) >= 11 is 5.35. The number of rotatable bonds is 6. The normalized spacial score (nSPS) is 33.6. The van der Waals surface area contributed by atoms with Gasteiger partial charge >= 0.3 is 0 Å². The highest BCUT2D eigenvalue weighted by atomic mass is 32.1. The van der Waals surface area contributed by atoms with Crippen molar-refractivity contribution in [1.29, 1.82) is 0 Å². The lowest BCUT2D eigenvalue weighted by molar-refractivity contribution is -0.0492. The van der Waals surface area contributed by atoms with Gasteiger partial charge in [0.25, 0.3) is 0 Å². The Balaban J connectivity index is 1.37. The van der Waals surface area contributed by atoms with Gasteiger partial charge in [0.2, 0.25) is 0 Å². The SMILES string of the molecule is COCCCNC(=S)Nc1ccn(C23CC4CC(CC(C4)C2)C3)n1. The number of ether oxygens (including phenoxy) is 1. The Kier molecular flexibility index (Phi) is 4.52. The molecule has 0 aromatic carbocycles. The molecule has 0 atom stereocenters. The second-order valence-corrected chi connectivity index (χ2v) is 8.42. The van der Waals surface area contributed by atoms with Gasteiger partial charge in [0.1, 0.15) is 0 Å². The van der Waals surface area contributed by atoms with Crippen LogP contribution in [0, 0.1) is 17.8 Å². The minimum Gasteiger partial charge on any atom is -0.385 e. The van der Waals surface area contributed by atoms with Crippen LogP contribution < -0.4 is 10.6 Å². The Hall–Kier alpha value is -1.14. The molecule has 4 aliphatic carbocycles. The fourth-order valence-electron chi connectivity index (χ4n) is 5.58. The summed E-state index contributed by atoms with van der Waals surface area (Å²) in [5.74, 6) is 3.65. The molecule has 0 saturated heterocycles. The summed E-state index contributed by atoms with van der Waals surface area (Å²) in [6.07, 6.45) is 11.4. The van der Waals surface area contributed by atoms with Crippen LogP contribution in [-0.2, 0) is 10.3 Å². The van der Waals surface area contributed by atoms with E-state index in [-0.39, 0.29) is 5.54 Å². The highest BCUT2D eigenvalue weighted by molar-refractivity contribution is 7.80. The van der Waals surface area contributed by atoms with Gasteiger partial charge in [0.05, 0.1) is 5.54 Å². The van der Waals surface area contributed by atoms with Crippen molar-refractivity contribution in [3.05, 3.63) is 12.3 Å². The number of hydrogen-bond donors (Lipinski definition) is 2. The Morgan fingerprint density at radius 2 is 1.96 bits per heavy atom. The third kappa shape index (κ3) is 3.18. The third-order valence-corrected chi connectivity index (χ3v) is 6.38. The van der Waals surface area contributed by atoms with Crippen molar-refractivity contribution in [3.8, 4) is 0 Å². The van der Waals surface area contributed by atoms with Gasteiger partial charge in [-0.2, -0.15) is 5.10 Å². The fraction of sp³-hybridized carbons (Fsp3) is 0.778. The lowest BCUT2D eigenvalue weighted by atomic mass is 9.53. The summed E-state index contributed by atoms with van der Waals surface area (Å²) in [5.41, 5.74) is 0.280. The molecule has 5 nitrogen and oxygen atoms in total. The van der Waals surface area contributed by atoms with Crippen LogP contribution in [0.1, 0.15) is 44.9 Å². The van der Waals surface area contributed by atoms with Crippen molar-refractivity contribution in [1.82, 2.24) is 15.1 Å². The van der Waals surface area contributed by atoms with E-state index in [4.69, 9.17) is 22.1 Å². The van der Waals surface area contributed by atoms with Crippen LogP contribution in [0.4, 0.5) is 5.82 Å². The molecule has 6 heteroatoms. The van der Waals surface area contributed by atoms with Crippen molar-refractivity contribution in [2.24, 2.45) is 17.8 Å². The molecule has 0 radical (unpaired) electrons. The largest absolute Gasteiger partial charge is 0.385 e. The zero-order valence-corrected chi connectivity index (χ0v) is 15.3. The molecule has 0 amide bonds. The number of aromatic nitrogens is 2. The van der Waals surface area contributed by atoms with E-state index < -0.39 is 0 Å². The number of methoxy groups -OCH3 is 1. The molecule has 4 fully saturated rings. The molecule has 0 aliphatic heterocycles. The second kappa shape index (κ2) is 6.64. The fourth-order valence-corrected chi connectivity index (χ4v) is 5.79. The Bertz CT molecular complexity index is 564. The molecule has 1 heterocycles. The first-order chi connectivity index (χ1) is 11.7. The Morgan fingerprint density at radius 1 is 1.29 bits per heavy atom. The minimum atomic E-state index is 0.280. The molecular formula is C18H28N4OS. The van der Waals surface area contributed by atoms with E-state index in [2.05, 4.69) is 27.6 Å². The van der Waals surface area contributed by atoms with Gasteiger partial charge in [-0.3, -0.25) is 4.68 Å². The lowest BCUT2D eigenvalue weighted by Crippen LogP contribution is -2.52. The number of thiocarbonyl (C=S) groups is 1. The van der Waals surface area contributed by atoms with Crippen LogP contribution in [0.15, 0.2) is 12.3 Å². The smallest absolute Gasteiger partial charge is 0.171 e. The number of nitrogens with zero attached hydrogens (tertiary/aromatic N) is 2. The van der Waals surface area contributed by atoms with E-state index in [0.717, 1.165) is 43.1 Å². The summed E-state index contributed by atoms with van der Waals surface area (Å²) in [6, 6.07) is 2.06. The standard InChI is InChI=1S/C18H28N4OS/c1-23-6-2-4-19-17(24)20-16-3-5-22(21-16)18-10-13-7-14(11-18)9-15(8-13)12-18/h3,5,13-15H,2,4,6-12H2,1H3,(H2,19,20,21,24). The van der Waals surface area contributed by atoms with Gasteiger partial charge in [0, 0.05) is 32.5 Å². The predicted octanol–water partition coefficient (Wildman–Crippen LogP) is 3.13. The van der Waals surface area contributed by atoms with E-state index in [1.807, 2.05) is 0 Å². The molecule has 4 saturated carbocycles. The van der Waals surface area contributed by atoms with Crippen molar-refractivity contribution in [3.63, 3.8) is 0 Å². The summed E-state index contributed by atoms with van der Waals surface area (Å²) in [5, 5.41) is 11.9. The molecule has 4 bridgehead atoms. The van der Waals surface area contributed by atoms with E-state index >= 15 is 0 Å². The number of hydrogen-bond acceptors (Lipinski definition) is 3. The van der Waals surface area contributed by atoms with Crippen molar-refractivity contribution < 1.29 is 4.74 Å². The molecule has 0 unspecified atom stereocenters.